The molecule has 4 rings (SSSR count). The molecule has 1 aromatic heterocycles. The molecule has 3 fully saturated rings. The summed E-state index contributed by atoms with van der Waals surface area (Å²) in [5, 5.41) is 0. The molecule has 0 saturated carbocycles. The molecule has 6 nitrogen and oxygen atoms in total. The van der Waals surface area contributed by atoms with Crippen molar-refractivity contribution in [1.29, 1.82) is 0 Å². The quantitative estimate of drug-likeness (QED) is 0.831. The van der Waals surface area contributed by atoms with Gasteiger partial charge in [0.1, 0.15) is 5.82 Å². The van der Waals surface area contributed by atoms with Crippen molar-refractivity contribution in [2.45, 2.75) is 31.8 Å². The van der Waals surface area contributed by atoms with Crippen molar-refractivity contribution in [3.63, 3.8) is 0 Å². The number of aromatic nitrogens is 1. The predicted molar refractivity (Wildman–Crippen MR) is 97.0 cm³/mol. The second kappa shape index (κ2) is 7.70. The molecular formula is C19H28N4O2. The number of rotatable bonds is 4. The lowest BCUT2D eigenvalue weighted by molar-refractivity contribution is 0.0433. The maximum absolute atomic E-state index is 13.0. The van der Waals surface area contributed by atoms with Crippen LogP contribution in [0.15, 0.2) is 18.3 Å². The Balaban J connectivity index is 1.37. The molecule has 4 heterocycles. The van der Waals surface area contributed by atoms with Gasteiger partial charge in [-0.2, -0.15) is 0 Å². The first-order chi connectivity index (χ1) is 12.3. The Kier molecular flexibility index (Phi) is 5.17. The number of carbonyl (C=O) groups excluding carboxylic acids is 1. The fourth-order valence-electron chi connectivity index (χ4n) is 4.13. The van der Waals surface area contributed by atoms with Crippen molar-refractivity contribution >= 4 is 11.7 Å². The number of hydrogen-bond donors (Lipinski definition) is 0. The van der Waals surface area contributed by atoms with Crippen LogP contribution in [0.3, 0.4) is 0 Å². The predicted octanol–water partition coefficient (Wildman–Crippen LogP) is 1.62. The molecule has 1 unspecified atom stereocenters. The smallest absolute Gasteiger partial charge is 0.257 e. The van der Waals surface area contributed by atoms with Gasteiger partial charge in [0.2, 0.25) is 0 Å². The highest BCUT2D eigenvalue weighted by molar-refractivity contribution is 5.99. The number of piperazine rings is 1. The molecule has 1 aromatic rings. The van der Waals surface area contributed by atoms with Gasteiger partial charge < -0.3 is 14.5 Å². The van der Waals surface area contributed by atoms with E-state index in [9.17, 15) is 4.79 Å². The van der Waals surface area contributed by atoms with E-state index in [1.807, 2.05) is 17.0 Å². The summed E-state index contributed by atoms with van der Waals surface area (Å²) in [5.41, 5.74) is 0.761. The van der Waals surface area contributed by atoms with E-state index in [4.69, 9.17) is 4.74 Å². The van der Waals surface area contributed by atoms with Gasteiger partial charge in [-0.3, -0.25) is 9.69 Å². The van der Waals surface area contributed by atoms with Crippen LogP contribution >= 0.6 is 0 Å². The molecule has 3 aliphatic rings. The molecule has 0 spiro atoms. The molecule has 0 aliphatic carbocycles. The van der Waals surface area contributed by atoms with E-state index in [1.165, 1.54) is 25.7 Å². The molecule has 25 heavy (non-hydrogen) atoms. The summed E-state index contributed by atoms with van der Waals surface area (Å²) in [5.74, 6) is 0.999. The van der Waals surface area contributed by atoms with Gasteiger partial charge >= 0.3 is 0 Å². The standard InChI is InChI=1S/C19H28N4O2/c24-19(17-6-3-7-20-18(17)22-8-1-2-9-22)23-12-10-21(11-13-23)15-16-5-4-14-25-16/h3,6-7,16H,1-2,4-5,8-15H2. The van der Waals surface area contributed by atoms with Gasteiger partial charge in [0, 0.05) is 58.6 Å². The lowest BCUT2D eigenvalue weighted by Gasteiger charge is -2.36. The summed E-state index contributed by atoms with van der Waals surface area (Å²) >= 11 is 0. The van der Waals surface area contributed by atoms with Crippen molar-refractivity contribution in [2.24, 2.45) is 0 Å². The Morgan fingerprint density at radius 1 is 1.12 bits per heavy atom. The van der Waals surface area contributed by atoms with Gasteiger partial charge in [0.15, 0.2) is 0 Å². The third-order valence-corrected chi connectivity index (χ3v) is 5.57. The molecule has 3 aliphatic heterocycles. The van der Waals surface area contributed by atoms with Gasteiger partial charge in [0.05, 0.1) is 11.7 Å². The van der Waals surface area contributed by atoms with E-state index in [-0.39, 0.29) is 5.91 Å². The SMILES string of the molecule is O=C(c1cccnc1N1CCCC1)N1CCN(CC2CCCO2)CC1. The zero-order chi connectivity index (χ0) is 17.1. The van der Waals surface area contributed by atoms with Gasteiger partial charge in [-0.15, -0.1) is 0 Å². The topological polar surface area (TPSA) is 48.9 Å². The van der Waals surface area contributed by atoms with Crippen molar-refractivity contribution in [3.8, 4) is 0 Å². The summed E-state index contributed by atoms with van der Waals surface area (Å²) in [6.07, 6.45) is 6.92. The number of carbonyl (C=O) groups is 1. The van der Waals surface area contributed by atoms with Crippen LogP contribution in [-0.4, -0.2) is 79.2 Å². The van der Waals surface area contributed by atoms with Crippen molar-refractivity contribution < 1.29 is 9.53 Å². The molecule has 136 valence electrons. The fraction of sp³-hybridized carbons (Fsp3) is 0.684. The lowest BCUT2D eigenvalue weighted by Crippen LogP contribution is -2.50. The van der Waals surface area contributed by atoms with Crippen LogP contribution in [0.2, 0.25) is 0 Å². The van der Waals surface area contributed by atoms with E-state index in [0.29, 0.717) is 6.10 Å². The average molecular weight is 344 g/mol. The Morgan fingerprint density at radius 3 is 2.64 bits per heavy atom. The van der Waals surface area contributed by atoms with E-state index in [0.717, 1.165) is 63.8 Å². The first-order valence-corrected chi connectivity index (χ1v) is 9.64. The molecule has 6 heteroatoms. The highest BCUT2D eigenvalue weighted by Gasteiger charge is 2.28. The third kappa shape index (κ3) is 3.80. The fourth-order valence-corrected chi connectivity index (χ4v) is 4.13. The monoisotopic (exact) mass is 344 g/mol. The third-order valence-electron chi connectivity index (χ3n) is 5.57. The Labute approximate surface area is 149 Å². The van der Waals surface area contributed by atoms with Gasteiger partial charge in [-0.25, -0.2) is 4.98 Å². The van der Waals surface area contributed by atoms with Crippen LogP contribution in [0.25, 0.3) is 0 Å². The van der Waals surface area contributed by atoms with Gasteiger partial charge in [-0.05, 0) is 37.8 Å². The van der Waals surface area contributed by atoms with Crippen LogP contribution in [0, 0.1) is 0 Å². The summed E-state index contributed by atoms with van der Waals surface area (Å²) in [6, 6.07) is 3.81. The number of nitrogens with zero attached hydrogens (tertiary/aromatic N) is 4. The Morgan fingerprint density at radius 2 is 1.92 bits per heavy atom. The first kappa shape index (κ1) is 16.8. The minimum Gasteiger partial charge on any atom is -0.377 e. The van der Waals surface area contributed by atoms with Crippen molar-refractivity contribution in [3.05, 3.63) is 23.9 Å². The number of hydrogen-bond acceptors (Lipinski definition) is 5. The largest absolute Gasteiger partial charge is 0.377 e. The van der Waals surface area contributed by atoms with Crippen LogP contribution in [0.1, 0.15) is 36.0 Å². The van der Waals surface area contributed by atoms with E-state index in [1.54, 1.807) is 6.20 Å². The molecule has 0 N–H and O–H groups in total. The normalized spacial score (nSPS) is 24.9. The van der Waals surface area contributed by atoms with Crippen LogP contribution < -0.4 is 4.90 Å². The Bertz CT molecular complexity index is 589. The molecule has 0 bridgehead atoms. The van der Waals surface area contributed by atoms with Crippen molar-refractivity contribution in [1.82, 2.24) is 14.8 Å². The maximum atomic E-state index is 13.0. The number of ether oxygens (including phenoxy) is 1. The average Bonchev–Trinajstić information content (AvgIpc) is 3.36. The van der Waals surface area contributed by atoms with E-state index >= 15 is 0 Å². The Hall–Kier alpha value is -1.66. The zero-order valence-electron chi connectivity index (χ0n) is 14.9. The molecule has 1 atom stereocenters. The second-order valence-electron chi connectivity index (χ2n) is 7.30. The maximum Gasteiger partial charge on any atom is 0.257 e. The molecule has 3 saturated heterocycles. The molecule has 0 radical (unpaired) electrons. The zero-order valence-corrected chi connectivity index (χ0v) is 14.9. The van der Waals surface area contributed by atoms with Crippen LogP contribution in [-0.2, 0) is 4.74 Å². The molecular weight excluding hydrogens is 316 g/mol. The van der Waals surface area contributed by atoms with Gasteiger partial charge in [0.25, 0.3) is 5.91 Å². The van der Waals surface area contributed by atoms with E-state index < -0.39 is 0 Å². The molecule has 0 aromatic carbocycles. The minimum absolute atomic E-state index is 0.131. The minimum atomic E-state index is 0.131. The summed E-state index contributed by atoms with van der Waals surface area (Å²) in [6.45, 7) is 7.38. The highest BCUT2D eigenvalue weighted by atomic mass is 16.5. The first-order valence-electron chi connectivity index (χ1n) is 9.64. The van der Waals surface area contributed by atoms with Crippen molar-refractivity contribution in [2.75, 3.05) is 57.3 Å². The highest BCUT2D eigenvalue weighted by Crippen LogP contribution is 2.24. The number of amides is 1. The lowest BCUT2D eigenvalue weighted by atomic mass is 10.1. The second-order valence-corrected chi connectivity index (χ2v) is 7.30. The summed E-state index contributed by atoms with van der Waals surface area (Å²) in [7, 11) is 0. The number of anilines is 1. The van der Waals surface area contributed by atoms with Crippen LogP contribution in [0.4, 0.5) is 5.82 Å². The summed E-state index contributed by atoms with van der Waals surface area (Å²) in [4.78, 5) is 24.2. The number of pyridine rings is 1. The van der Waals surface area contributed by atoms with Gasteiger partial charge in [-0.1, -0.05) is 0 Å². The molecule has 1 amide bonds. The van der Waals surface area contributed by atoms with E-state index in [2.05, 4.69) is 14.8 Å². The summed E-state index contributed by atoms with van der Waals surface area (Å²) < 4.78 is 5.74. The van der Waals surface area contributed by atoms with Crippen LogP contribution in [0.5, 0.6) is 0 Å².